The Labute approximate surface area is 186 Å². The molecular weight excluding hydrogens is 414 g/mol. The third-order valence-corrected chi connectivity index (χ3v) is 7.62. The molecule has 2 fully saturated rings. The van der Waals surface area contributed by atoms with Crippen molar-refractivity contribution in [2.24, 2.45) is 0 Å². The van der Waals surface area contributed by atoms with Gasteiger partial charge in [-0.25, -0.2) is 4.98 Å². The number of aryl methyl sites for hydroxylation is 1. The number of hydrogen-bond acceptors (Lipinski definition) is 5. The van der Waals surface area contributed by atoms with Crippen molar-refractivity contribution in [2.45, 2.75) is 52.1 Å². The lowest BCUT2D eigenvalue weighted by molar-refractivity contribution is -0.141. The summed E-state index contributed by atoms with van der Waals surface area (Å²) in [5.41, 5.74) is 3.23. The molecule has 0 bridgehead atoms. The second-order valence-corrected chi connectivity index (χ2v) is 10.0. The molecule has 2 amide bonds. The lowest BCUT2D eigenvalue weighted by atomic mass is 9.97. The number of aromatic nitrogens is 1. The highest BCUT2D eigenvalue weighted by Gasteiger charge is 2.34. The molecule has 3 heterocycles. The molecule has 1 aromatic carbocycles. The van der Waals surface area contributed by atoms with Crippen LogP contribution in [0.1, 0.15) is 43.7 Å². The molecule has 2 saturated heterocycles. The van der Waals surface area contributed by atoms with Crippen molar-refractivity contribution in [1.82, 2.24) is 14.8 Å². The van der Waals surface area contributed by atoms with E-state index in [2.05, 4.69) is 45.0 Å². The van der Waals surface area contributed by atoms with Crippen LogP contribution in [0, 0.1) is 6.92 Å². The third kappa shape index (κ3) is 4.47. The maximum absolute atomic E-state index is 13.0. The number of thioether (sulfide) groups is 1. The fraction of sp³-hybridized carbons (Fsp3) is 0.435. The van der Waals surface area contributed by atoms with Gasteiger partial charge in [-0.1, -0.05) is 41.6 Å². The van der Waals surface area contributed by atoms with E-state index >= 15 is 0 Å². The minimum Gasteiger partial charge on any atom is -0.336 e. The zero-order valence-corrected chi connectivity index (χ0v) is 19.3. The van der Waals surface area contributed by atoms with Gasteiger partial charge in [0.2, 0.25) is 11.8 Å². The zero-order valence-electron chi connectivity index (χ0n) is 17.6. The first kappa shape index (κ1) is 21.1. The number of benzene rings is 1. The van der Waals surface area contributed by atoms with Gasteiger partial charge in [-0.05, 0) is 40.0 Å². The topological polar surface area (TPSA) is 53.5 Å². The van der Waals surface area contributed by atoms with Crippen LogP contribution in [0.25, 0.3) is 17.3 Å². The minimum absolute atomic E-state index is 0.00719. The third-order valence-electron chi connectivity index (χ3n) is 5.80. The van der Waals surface area contributed by atoms with Crippen LogP contribution in [0.3, 0.4) is 0 Å². The number of nitrogens with zero attached hydrogens (tertiary/aromatic N) is 3. The van der Waals surface area contributed by atoms with Gasteiger partial charge in [-0.15, -0.1) is 11.3 Å². The van der Waals surface area contributed by atoms with Crippen LogP contribution in [-0.2, 0) is 9.59 Å². The van der Waals surface area contributed by atoms with Gasteiger partial charge in [0.15, 0.2) is 0 Å². The molecule has 158 valence electrons. The van der Waals surface area contributed by atoms with E-state index in [4.69, 9.17) is 4.98 Å². The molecule has 2 aliphatic heterocycles. The van der Waals surface area contributed by atoms with E-state index in [9.17, 15) is 9.59 Å². The highest BCUT2D eigenvalue weighted by atomic mass is 32.2. The van der Waals surface area contributed by atoms with Crippen molar-refractivity contribution in [2.75, 3.05) is 12.3 Å². The Kier molecular flexibility index (Phi) is 6.29. The van der Waals surface area contributed by atoms with E-state index in [0.29, 0.717) is 5.75 Å². The van der Waals surface area contributed by atoms with Crippen LogP contribution >= 0.6 is 23.1 Å². The van der Waals surface area contributed by atoms with Gasteiger partial charge in [-0.3, -0.25) is 14.5 Å². The number of hydrogen-bond donors (Lipinski definition) is 0. The molecule has 0 N–H and O–H groups in total. The molecule has 0 saturated carbocycles. The van der Waals surface area contributed by atoms with Gasteiger partial charge < -0.3 is 4.90 Å². The molecule has 2 aromatic rings. The highest BCUT2D eigenvalue weighted by molar-refractivity contribution is 8.04. The van der Waals surface area contributed by atoms with Crippen molar-refractivity contribution < 1.29 is 9.59 Å². The van der Waals surface area contributed by atoms with E-state index in [1.807, 2.05) is 16.4 Å². The monoisotopic (exact) mass is 441 g/mol. The summed E-state index contributed by atoms with van der Waals surface area (Å²) in [7, 11) is 0. The number of likely N-dealkylation sites (tertiary alicyclic amines) is 1. The number of carbonyl (C=O) groups is 2. The van der Waals surface area contributed by atoms with E-state index in [-0.39, 0.29) is 30.4 Å². The molecule has 0 unspecified atom stereocenters. The largest absolute Gasteiger partial charge is 0.336 e. The van der Waals surface area contributed by atoms with Crippen LogP contribution in [0.5, 0.6) is 0 Å². The summed E-state index contributed by atoms with van der Waals surface area (Å²) in [4.78, 5) is 33.8. The summed E-state index contributed by atoms with van der Waals surface area (Å²) >= 11 is 3.04. The number of rotatable bonds is 4. The number of amides is 2. The maximum Gasteiger partial charge on any atom is 0.243 e. The molecule has 2 aliphatic rings. The molecule has 1 aromatic heterocycles. The quantitative estimate of drug-likeness (QED) is 0.685. The Bertz CT molecular complexity index is 957. The molecule has 2 atom stereocenters. The van der Waals surface area contributed by atoms with E-state index in [0.717, 1.165) is 40.6 Å². The smallest absolute Gasteiger partial charge is 0.243 e. The molecule has 0 radical (unpaired) electrons. The molecule has 0 spiro atoms. The second kappa shape index (κ2) is 8.94. The summed E-state index contributed by atoms with van der Waals surface area (Å²) in [5.74, 6) is 0.406. The van der Waals surface area contributed by atoms with Gasteiger partial charge in [0.05, 0.1) is 16.5 Å². The van der Waals surface area contributed by atoms with Gasteiger partial charge in [-0.2, -0.15) is 0 Å². The lowest BCUT2D eigenvalue weighted by Gasteiger charge is -2.39. The molecule has 5 nitrogen and oxygen atoms in total. The van der Waals surface area contributed by atoms with E-state index < -0.39 is 0 Å². The fourth-order valence-corrected chi connectivity index (χ4v) is 5.92. The SMILES string of the molecule is Cc1ccc(-c2csc(/C=C3\SCC(=O)N3CC(=O)N3[C@H](C)CCC[C@@H]3C)n2)cc1. The normalized spacial score (nSPS) is 23.4. The Morgan fingerprint density at radius 3 is 2.60 bits per heavy atom. The standard InChI is InChI=1S/C23H27N3O2S2/c1-15-7-9-18(10-8-15)19-13-29-20(24-19)11-23-25(22(28)14-30-23)12-21(27)26-16(2)5-4-6-17(26)3/h7-11,13,16-17H,4-6,12,14H2,1-3H3/b23-11-/t16-,17+. The summed E-state index contributed by atoms with van der Waals surface area (Å²) in [6.07, 6.45) is 5.15. The van der Waals surface area contributed by atoms with Gasteiger partial charge in [0.1, 0.15) is 11.6 Å². The first-order chi connectivity index (χ1) is 14.4. The molecule has 30 heavy (non-hydrogen) atoms. The van der Waals surface area contributed by atoms with Crippen molar-refractivity contribution in [3.63, 3.8) is 0 Å². The van der Waals surface area contributed by atoms with Crippen molar-refractivity contribution in [3.8, 4) is 11.3 Å². The molecule has 7 heteroatoms. The van der Waals surface area contributed by atoms with Crippen LogP contribution in [0.15, 0.2) is 34.7 Å². The van der Waals surface area contributed by atoms with Crippen LogP contribution in [0.2, 0.25) is 0 Å². The summed E-state index contributed by atoms with van der Waals surface area (Å²) in [6.45, 7) is 6.39. The maximum atomic E-state index is 13.0. The van der Waals surface area contributed by atoms with Crippen molar-refractivity contribution in [1.29, 1.82) is 0 Å². The molecule has 0 aliphatic carbocycles. The van der Waals surface area contributed by atoms with Crippen LogP contribution in [0.4, 0.5) is 0 Å². The van der Waals surface area contributed by atoms with E-state index in [1.54, 1.807) is 16.2 Å². The van der Waals surface area contributed by atoms with Gasteiger partial charge >= 0.3 is 0 Å². The number of thiazole rings is 1. The summed E-state index contributed by atoms with van der Waals surface area (Å²) in [5, 5.41) is 3.70. The first-order valence-electron chi connectivity index (χ1n) is 10.4. The van der Waals surface area contributed by atoms with E-state index in [1.165, 1.54) is 17.3 Å². The summed E-state index contributed by atoms with van der Waals surface area (Å²) in [6, 6.07) is 8.76. The lowest BCUT2D eigenvalue weighted by Crippen LogP contribution is -2.51. The second-order valence-electron chi connectivity index (χ2n) is 8.12. The predicted octanol–water partition coefficient (Wildman–Crippen LogP) is 4.78. The average Bonchev–Trinajstić information content (AvgIpc) is 3.31. The van der Waals surface area contributed by atoms with Crippen molar-refractivity contribution >= 4 is 41.0 Å². The highest BCUT2D eigenvalue weighted by Crippen LogP contribution is 2.33. The molecule has 4 rings (SSSR count). The Morgan fingerprint density at radius 1 is 1.20 bits per heavy atom. The summed E-state index contributed by atoms with van der Waals surface area (Å²) < 4.78 is 0. The predicted molar refractivity (Wildman–Crippen MR) is 124 cm³/mol. The Hall–Kier alpha value is -2.12. The van der Waals surface area contributed by atoms with Gasteiger partial charge in [0, 0.05) is 29.1 Å². The van der Waals surface area contributed by atoms with Crippen LogP contribution < -0.4 is 0 Å². The Morgan fingerprint density at radius 2 is 1.90 bits per heavy atom. The average molecular weight is 442 g/mol. The van der Waals surface area contributed by atoms with Gasteiger partial charge in [0.25, 0.3) is 0 Å². The fourth-order valence-electron chi connectivity index (χ4n) is 4.15. The molecular formula is C23H27N3O2S2. The first-order valence-corrected chi connectivity index (χ1v) is 12.3. The van der Waals surface area contributed by atoms with Crippen LogP contribution in [-0.4, -0.2) is 51.0 Å². The zero-order chi connectivity index (χ0) is 21.3. The minimum atomic E-state index is -0.00719. The Balaban J connectivity index is 1.51. The number of carbonyl (C=O) groups excluding carboxylic acids is 2. The van der Waals surface area contributed by atoms with Crippen molar-refractivity contribution in [3.05, 3.63) is 45.2 Å². The number of piperidine rings is 1.